The van der Waals surface area contributed by atoms with Crippen LogP contribution in [0.2, 0.25) is 5.02 Å². The molecule has 0 aliphatic carbocycles. The number of benzene rings is 3. The molecule has 1 saturated heterocycles. The number of halogens is 1. The molecule has 0 radical (unpaired) electrons. The Hall–Kier alpha value is -3.09. The van der Waals surface area contributed by atoms with Crippen LogP contribution < -0.4 is 5.32 Å². The maximum absolute atomic E-state index is 13.1. The number of amides is 2. The molecule has 31 heavy (non-hydrogen) atoms. The highest BCUT2D eigenvalue weighted by molar-refractivity contribution is 8.15. The average molecular weight is 450 g/mol. The van der Waals surface area contributed by atoms with Crippen molar-refractivity contribution in [2.24, 2.45) is 4.99 Å². The Labute approximate surface area is 190 Å². The molecule has 0 bridgehead atoms. The van der Waals surface area contributed by atoms with Gasteiger partial charge in [0.2, 0.25) is 11.8 Å². The highest BCUT2D eigenvalue weighted by Gasteiger charge is 2.36. The minimum Gasteiger partial charge on any atom is -0.325 e. The molecule has 1 aliphatic heterocycles. The lowest BCUT2D eigenvalue weighted by molar-refractivity contribution is -0.129. The number of para-hydroxylation sites is 1. The molecule has 7 heteroatoms. The number of nitrogens with zero attached hydrogens (tertiary/aromatic N) is 2. The molecule has 1 unspecified atom stereocenters. The Morgan fingerprint density at radius 2 is 1.74 bits per heavy atom. The van der Waals surface area contributed by atoms with Gasteiger partial charge >= 0.3 is 0 Å². The second kappa shape index (κ2) is 9.81. The zero-order chi connectivity index (χ0) is 21.6. The van der Waals surface area contributed by atoms with Gasteiger partial charge in [0.15, 0.2) is 5.17 Å². The van der Waals surface area contributed by atoms with Crippen LogP contribution in [0.5, 0.6) is 0 Å². The van der Waals surface area contributed by atoms with Gasteiger partial charge in [-0.05, 0) is 35.9 Å². The highest BCUT2D eigenvalue weighted by atomic mass is 35.5. The van der Waals surface area contributed by atoms with Gasteiger partial charge in [0.1, 0.15) is 5.25 Å². The number of aliphatic imine (C=N–C) groups is 1. The predicted octanol–water partition coefficient (Wildman–Crippen LogP) is 5.50. The Kier molecular flexibility index (Phi) is 6.70. The summed E-state index contributed by atoms with van der Waals surface area (Å²) in [7, 11) is 0. The summed E-state index contributed by atoms with van der Waals surface area (Å²) in [6.45, 7) is 0.388. The summed E-state index contributed by atoms with van der Waals surface area (Å²) >= 11 is 7.40. The largest absolute Gasteiger partial charge is 0.325 e. The number of amidine groups is 1. The van der Waals surface area contributed by atoms with E-state index in [4.69, 9.17) is 11.6 Å². The van der Waals surface area contributed by atoms with Crippen molar-refractivity contribution in [1.29, 1.82) is 0 Å². The Bertz CT molecular complexity index is 1110. The van der Waals surface area contributed by atoms with Crippen LogP contribution in [0.25, 0.3) is 0 Å². The van der Waals surface area contributed by atoms with Crippen LogP contribution in [-0.2, 0) is 16.1 Å². The minimum atomic E-state index is -0.572. The monoisotopic (exact) mass is 449 g/mol. The molecular weight excluding hydrogens is 430 g/mol. The number of anilines is 1. The zero-order valence-corrected chi connectivity index (χ0v) is 18.1. The Balaban J connectivity index is 1.61. The van der Waals surface area contributed by atoms with Crippen molar-refractivity contribution in [3.63, 3.8) is 0 Å². The van der Waals surface area contributed by atoms with Crippen molar-refractivity contribution in [2.75, 3.05) is 5.32 Å². The predicted molar refractivity (Wildman–Crippen MR) is 127 cm³/mol. The second-order valence-corrected chi connectivity index (χ2v) is 8.61. The topological polar surface area (TPSA) is 61.8 Å². The molecule has 3 aromatic carbocycles. The van der Waals surface area contributed by atoms with Gasteiger partial charge in [-0.2, -0.15) is 0 Å². The molecule has 1 N–H and O–H groups in total. The first-order chi connectivity index (χ1) is 15.1. The van der Waals surface area contributed by atoms with Crippen LogP contribution in [0, 0.1) is 0 Å². The van der Waals surface area contributed by atoms with Gasteiger partial charge in [0, 0.05) is 17.1 Å². The van der Waals surface area contributed by atoms with Crippen LogP contribution in [0.15, 0.2) is 89.9 Å². The highest BCUT2D eigenvalue weighted by Crippen LogP contribution is 2.31. The molecule has 1 aliphatic rings. The number of carbonyl (C=O) groups excluding carboxylic acids is 2. The molecule has 0 saturated carbocycles. The van der Waals surface area contributed by atoms with Gasteiger partial charge < -0.3 is 5.32 Å². The summed E-state index contributed by atoms with van der Waals surface area (Å²) in [5, 5.41) is 3.35. The van der Waals surface area contributed by atoms with E-state index in [-0.39, 0.29) is 18.2 Å². The van der Waals surface area contributed by atoms with Crippen LogP contribution in [0.3, 0.4) is 0 Å². The maximum atomic E-state index is 13.1. The van der Waals surface area contributed by atoms with E-state index in [0.717, 1.165) is 5.56 Å². The number of nitrogens with one attached hydrogen (secondary N) is 1. The molecule has 1 fully saturated rings. The quantitative estimate of drug-likeness (QED) is 0.559. The fraction of sp³-hybridized carbons (Fsp3) is 0.125. The third-order valence-corrected chi connectivity index (χ3v) is 6.11. The van der Waals surface area contributed by atoms with Crippen molar-refractivity contribution in [3.05, 3.63) is 95.5 Å². The first kappa shape index (κ1) is 21.2. The molecule has 5 nitrogen and oxygen atoms in total. The lowest BCUT2D eigenvalue weighted by Crippen LogP contribution is -2.44. The van der Waals surface area contributed by atoms with Crippen molar-refractivity contribution in [3.8, 4) is 0 Å². The van der Waals surface area contributed by atoms with Crippen molar-refractivity contribution >= 4 is 51.7 Å². The van der Waals surface area contributed by atoms with E-state index in [2.05, 4.69) is 10.3 Å². The molecule has 156 valence electrons. The van der Waals surface area contributed by atoms with Crippen LogP contribution >= 0.6 is 23.4 Å². The van der Waals surface area contributed by atoms with E-state index in [1.165, 1.54) is 11.8 Å². The SMILES string of the molecule is O=C(Nc1ccccc1)C1CC(=O)N(Cc2ccccc2)C(=Nc2cccc(Cl)c2)S1. The average Bonchev–Trinajstić information content (AvgIpc) is 2.77. The van der Waals surface area contributed by atoms with Crippen molar-refractivity contribution in [1.82, 2.24) is 4.90 Å². The molecular formula is C24H20ClN3O2S. The third-order valence-electron chi connectivity index (χ3n) is 4.69. The van der Waals surface area contributed by atoms with E-state index >= 15 is 0 Å². The van der Waals surface area contributed by atoms with Crippen LogP contribution in [0.1, 0.15) is 12.0 Å². The standard InChI is InChI=1S/C24H20ClN3O2S/c25-18-10-7-13-20(14-18)27-24-28(16-17-8-3-1-4-9-17)22(29)15-21(31-24)23(30)26-19-11-5-2-6-12-19/h1-14,21H,15-16H2,(H,26,30). The second-order valence-electron chi connectivity index (χ2n) is 7.01. The summed E-state index contributed by atoms with van der Waals surface area (Å²) in [6.07, 6.45) is 0.102. The minimum absolute atomic E-state index is 0.102. The number of hydrogen-bond acceptors (Lipinski definition) is 4. The van der Waals surface area contributed by atoms with Crippen molar-refractivity contribution < 1.29 is 9.59 Å². The van der Waals surface area contributed by atoms with E-state index < -0.39 is 5.25 Å². The molecule has 1 heterocycles. The summed E-state index contributed by atoms with van der Waals surface area (Å²) in [4.78, 5) is 32.2. The number of thioether (sulfide) groups is 1. The van der Waals surface area contributed by atoms with Crippen LogP contribution in [0.4, 0.5) is 11.4 Å². The summed E-state index contributed by atoms with van der Waals surface area (Å²) in [6, 6.07) is 26.0. The number of hydrogen-bond donors (Lipinski definition) is 1. The molecule has 2 amide bonds. The fourth-order valence-corrected chi connectivity index (χ4v) is 4.45. The number of rotatable bonds is 5. The summed E-state index contributed by atoms with van der Waals surface area (Å²) in [5.41, 5.74) is 2.31. The van der Waals surface area contributed by atoms with E-state index in [1.54, 1.807) is 23.1 Å². The van der Waals surface area contributed by atoms with Gasteiger partial charge in [0.25, 0.3) is 0 Å². The zero-order valence-electron chi connectivity index (χ0n) is 16.6. The van der Waals surface area contributed by atoms with Gasteiger partial charge in [-0.3, -0.25) is 14.5 Å². The van der Waals surface area contributed by atoms with Gasteiger partial charge in [-0.1, -0.05) is 78.0 Å². The van der Waals surface area contributed by atoms with Crippen molar-refractivity contribution in [2.45, 2.75) is 18.2 Å². The summed E-state index contributed by atoms with van der Waals surface area (Å²) in [5.74, 6) is -0.362. The fourth-order valence-electron chi connectivity index (χ4n) is 3.16. The first-order valence-electron chi connectivity index (χ1n) is 9.79. The van der Waals surface area contributed by atoms with Gasteiger partial charge in [0.05, 0.1) is 12.2 Å². The Morgan fingerprint density at radius 3 is 2.45 bits per heavy atom. The normalized spacial score (nSPS) is 17.6. The maximum Gasteiger partial charge on any atom is 0.238 e. The van der Waals surface area contributed by atoms with E-state index in [1.807, 2.05) is 66.7 Å². The molecule has 4 rings (SSSR count). The Morgan fingerprint density at radius 1 is 1.03 bits per heavy atom. The number of carbonyl (C=O) groups is 2. The smallest absolute Gasteiger partial charge is 0.238 e. The van der Waals surface area contributed by atoms with Crippen LogP contribution in [-0.4, -0.2) is 27.1 Å². The summed E-state index contributed by atoms with van der Waals surface area (Å²) < 4.78 is 0. The van der Waals surface area contributed by atoms with E-state index in [0.29, 0.717) is 28.1 Å². The van der Waals surface area contributed by atoms with Gasteiger partial charge in [-0.25, -0.2) is 4.99 Å². The molecule has 1 atom stereocenters. The van der Waals surface area contributed by atoms with Gasteiger partial charge in [-0.15, -0.1) is 0 Å². The molecule has 0 spiro atoms. The molecule has 0 aromatic heterocycles. The first-order valence-corrected chi connectivity index (χ1v) is 11.1. The third kappa shape index (κ3) is 5.54. The lowest BCUT2D eigenvalue weighted by atomic mass is 10.2. The lowest BCUT2D eigenvalue weighted by Gasteiger charge is -2.32. The van der Waals surface area contributed by atoms with E-state index in [9.17, 15) is 9.59 Å². The molecule has 3 aromatic rings.